The third-order valence-corrected chi connectivity index (χ3v) is 8.49. The Kier molecular flexibility index (Phi) is 7.73. The van der Waals surface area contributed by atoms with Gasteiger partial charge >= 0.3 is 0 Å². The van der Waals surface area contributed by atoms with Gasteiger partial charge in [0.2, 0.25) is 9.04 Å². The first-order valence-corrected chi connectivity index (χ1v) is 13.3. The Hall–Kier alpha value is -3.26. The minimum atomic E-state index is -2.18. The minimum absolute atomic E-state index is 0.376. The predicted octanol–water partition coefficient (Wildman–Crippen LogP) is 5.22. The third-order valence-electron chi connectivity index (χ3n) is 5.97. The standard InChI is InChI=1S/C29H28F3NO2Si/c1-29(2,3)28(35-36(21-10-6-4-7-11-21)22-12-8-5-9-13-22)19-16-25(32)26(33-18-19)27(34)23-17-20(30)14-15-24(23)31/h4-18,27-28,34,36H,1-3H3. The molecule has 36 heavy (non-hydrogen) atoms. The van der Waals surface area contributed by atoms with Gasteiger partial charge in [-0.2, -0.15) is 0 Å². The molecule has 4 rings (SSSR count). The highest BCUT2D eigenvalue weighted by molar-refractivity contribution is 6.80. The number of rotatable bonds is 7. The van der Waals surface area contributed by atoms with E-state index in [0.717, 1.165) is 28.6 Å². The highest BCUT2D eigenvalue weighted by Gasteiger charge is 2.33. The Morgan fingerprint density at radius 2 is 1.39 bits per heavy atom. The van der Waals surface area contributed by atoms with Crippen molar-refractivity contribution in [3.63, 3.8) is 0 Å². The quantitative estimate of drug-likeness (QED) is 0.349. The molecule has 7 heteroatoms. The van der Waals surface area contributed by atoms with Crippen molar-refractivity contribution in [2.24, 2.45) is 5.41 Å². The summed E-state index contributed by atoms with van der Waals surface area (Å²) in [4.78, 5) is 4.13. The van der Waals surface area contributed by atoms with E-state index < -0.39 is 44.1 Å². The minimum Gasteiger partial charge on any atom is -0.403 e. The van der Waals surface area contributed by atoms with E-state index in [2.05, 4.69) is 4.98 Å². The van der Waals surface area contributed by atoms with Crippen LogP contribution in [0.2, 0.25) is 0 Å². The molecule has 0 aliphatic carbocycles. The average Bonchev–Trinajstić information content (AvgIpc) is 2.86. The van der Waals surface area contributed by atoms with E-state index in [9.17, 15) is 13.9 Å². The second-order valence-corrected chi connectivity index (χ2v) is 12.2. The summed E-state index contributed by atoms with van der Waals surface area (Å²) in [6.45, 7) is 6.01. The molecule has 0 amide bonds. The lowest BCUT2D eigenvalue weighted by Crippen LogP contribution is -2.47. The van der Waals surface area contributed by atoms with E-state index in [0.29, 0.717) is 5.56 Å². The third kappa shape index (κ3) is 5.75. The molecule has 0 aliphatic rings. The van der Waals surface area contributed by atoms with Crippen LogP contribution in [0.1, 0.15) is 49.8 Å². The molecule has 2 atom stereocenters. The van der Waals surface area contributed by atoms with Crippen LogP contribution in [0.5, 0.6) is 0 Å². The van der Waals surface area contributed by atoms with Crippen molar-refractivity contribution in [1.29, 1.82) is 0 Å². The number of benzene rings is 3. The largest absolute Gasteiger partial charge is 0.403 e. The first-order valence-electron chi connectivity index (χ1n) is 11.7. The van der Waals surface area contributed by atoms with Crippen LogP contribution in [0.25, 0.3) is 0 Å². The van der Waals surface area contributed by atoms with Crippen molar-refractivity contribution in [3.8, 4) is 0 Å². The maximum Gasteiger partial charge on any atom is 0.240 e. The normalized spacial score (nSPS) is 13.6. The first kappa shape index (κ1) is 25.8. The maximum absolute atomic E-state index is 15.3. The number of hydrogen-bond acceptors (Lipinski definition) is 3. The second-order valence-electron chi connectivity index (χ2n) is 9.79. The van der Waals surface area contributed by atoms with Gasteiger partial charge in [-0.25, -0.2) is 13.2 Å². The number of aliphatic hydroxyl groups excluding tert-OH is 1. The van der Waals surface area contributed by atoms with Gasteiger partial charge < -0.3 is 9.53 Å². The lowest BCUT2D eigenvalue weighted by Gasteiger charge is -2.35. The molecule has 0 saturated heterocycles. The summed E-state index contributed by atoms with van der Waals surface area (Å²) in [6.07, 6.45) is -0.830. The van der Waals surface area contributed by atoms with Crippen LogP contribution in [0, 0.1) is 22.9 Å². The summed E-state index contributed by atoms with van der Waals surface area (Å²) in [5, 5.41) is 12.7. The fourth-order valence-corrected chi connectivity index (χ4v) is 6.88. The van der Waals surface area contributed by atoms with E-state index in [4.69, 9.17) is 4.43 Å². The van der Waals surface area contributed by atoms with Gasteiger partial charge in [0.1, 0.15) is 29.2 Å². The molecule has 186 valence electrons. The molecule has 1 N–H and O–H groups in total. The van der Waals surface area contributed by atoms with E-state index >= 15 is 4.39 Å². The van der Waals surface area contributed by atoms with Crippen LogP contribution >= 0.6 is 0 Å². The van der Waals surface area contributed by atoms with Crippen molar-refractivity contribution in [1.82, 2.24) is 4.98 Å². The van der Waals surface area contributed by atoms with E-state index in [1.807, 2.05) is 81.4 Å². The molecule has 0 spiro atoms. The molecular formula is C29H28F3NO2Si. The molecule has 0 bridgehead atoms. The fraction of sp³-hybridized carbons (Fsp3) is 0.207. The second kappa shape index (κ2) is 10.8. The van der Waals surface area contributed by atoms with Crippen LogP contribution in [0.15, 0.2) is 91.1 Å². The molecule has 4 aromatic rings. The summed E-state index contributed by atoms with van der Waals surface area (Å²) in [6, 6.07) is 23.9. The van der Waals surface area contributed by atoms with Gasteiger partial charge in [-0.05, 0) is 40.1 Å². The zero-order chi connectivity index (χ0) is 25.9. The average molecular weight is 508 g/mol. The smallest absolute Gasteiger partial charge is 0.240 e. The van der Waals surface area contributed by atoms with Gasteiger partial charge in [-0.3, -0.25) is 4.98 Å². The Morgan fingerprint density at radius 3 is 1.92 bits per heavy atom. The molecular weight excluding hydrogens is 479 g/mol. The summed E-state index contributed by atoms with van der Waals surface area (Å²) in [5.41, 5.74) is -0.674. The van der Waals surface area contributed by atoms with Gasteiger partial charge in [-0.1, -0.05) is 81.4 Å². The summed E-state index contributed by atoms with van der Waals surface area (Å²) < 4.78 is 49.9. The number of aromatic nitrogens is 1. The lowest BCUT2D eigenvalue weighted by atomic mass is 9.85. The Morgan fingerprint density at radius 1 is 0.806 bits per heavy atom. The molecule has 0 fully saturated rings. The van der Waals surface area contributed by atoms with Crippen LogP contribution in [0.3, 0.4) is 0 Å². The van der Waals surface area contributed by atoms with E-state index in [1.54, 1.807) is 0 Å². The molecule has 0 aliphatic heterocycles. The molecule has 2 unspecified atom stereocenters. The number of aliphatic hydroxyl groups is 1. The van der Waals surface area contributed by atoms with Crippen molar-refractivity contribution in [3.05, 3.63) is 125 Å². The van der Waals surface area contributed by atoms with E-state index in [1.165, 1.54) is 12.3 Å². The van der Waals surface area contributed by atoms with Gasteiger partial charge in [0.15, 0.2) is 0 Å². The first-order chi connectivity index (χ1) is 17.1. The zero-order valence-electron chi connectivity index (χ0n) is 20.3. The monoisotopic (exact) mass is 507 g/mol. The number of pyridine rings is 1. The van der Waals surface area contributed by atoms with Gasteiger partial charge in [0.25, 0.3) is 0 Å². The molecule has 0 radical (unpaired) electrons. The Bertz CT molecular complexity index is 1270. The lowest BCUT2D eigenvalue weighted by molar-refractivity contribution is 0.0888. The molecule has 1 aromatic heterocycles. The number of nitrogens with zero attached hydrogens (tertiary/aromatic N) is 1. The van der Waals surface area contributed by atoms with Crippen molar-refractivity contribution in [2.75, 3.05) is 0 Å². The topological polar surface area (TPSA) is 42.4 Å². The summed E-state index contributed by atoms with van der Waals surface area (Å²) in [7, 11) is -2.18. The molecule has 0 saturated carbocycles. The van der Waals surface area contributed by atoms with Gasteiger partial charge in [0, 0.05) is 17.3 Å². The Balaban J connectivity index is 1.71. The SMILES string of the molecule is CC(C)(C)C(O[SiH](c1ccccc1)c1ccccc1)c1cnc(C(O)c2cc(F)ccc2F)c(F)c1. The highest BCUT2D eigenvalue weighted by atomic mass is 28.3. The van der Waals surface area contributed by atoms with Crippen molar-refractivity contribution >= 4 is 19.4 Å². The van der Waals surface area contributed by atoms with Crippen LogP contribution in [-0.4, -0.2) is 19.1 Å². The maximum atomic E-state index is 15.3. The fourth-order valence-electron chi connectivity index (χ4n) is 4.20. The van der Waals surface area contributed by atoms with E-state index in [-0.39, 0.29) is 11.3 Å². The molecule has 3 aromatic carbocycles. The predicted molar refractivity (Wildman–Crippen MR) is 137 cm³/mol. The van der Waals surface area contributed by atoms with Gasteiger partial charge in [-0.15, -0.1) is 0 Å². The van der Waals surface area contributed by atoms with Gasteiger partial charge in [0.05, 0.1) is 6.10 Å². The number of halogens is 3. The van der Waals surface area contributed by atoms with Crippen molar-refractivity contribution < 1.29 is 22.7 Å². The van der Waals surface area contributed by atoms with Crippen LogP contribution < -0.4 is 10.4 Å². The van der Waals surface area contributed by atoms with Crippen LogP contribution in [0.4, 0.5) is 13.2 Å². The number of hydrogen-bond donors (Lipinski definition) is 1. The Labute approximate surface area is 211 Å². The van der Waals surface area contributed by atoms with Crippen LogP contribution in [-0.2, 0) is 4.43 Å². The molecule has 3 nitrogen and oxygen atoms in total. The van der Waals surface area contributed by atoms with Crippen molar-refractivity contribution in [2.45, 2.75) is 33.0 Å². The summed E-state index contributed by atoms with van der Waals surface area (Å²) in [5.74, 6) is -2.40. The zero-order valence-corrected chi connectivity index (χ0v) is 21.5. The molecule has 1 heterocycles. The summed E-state index contributed by atoms with van der Waals surface area (Å²) >= 11 is 0. The highest BCUT2D eigenvalue weighted by Crippen LogP contribution is 2.37.